The van der Waals surface area contributed by atoms with Crippen molar-refractivity contribution >= 4 is 40.3 Å². The zero-order valence-electron chi connectivity index (χ0n) is 20.3. The fourth-order valence-electron chi connectivity index (χ4n) is 5.41. The van der Waals surface area contributed by atoms with E-state index in [1.54, 1.807) is 6.07 Å². The predicted octanol–water partition coefficient (Wildman–Crippen LogP) is 4.19. The summed E-state index contributed by atoms with van der Waals surface area (Å²) in [5.41, 5.74) is -0.411. The number of aromatic carboxylic acids is 1. The van der Waals surface area contributed by atoms with Crippen LogP contribution in [0.15, 0.2) is 16.9 Å². The molecule has 3 heterocycles. The van der Waals surface area contributed by atoms with Crippen LogP contribution < -0.4 is 20.5 Å². The smallest absolute Gasteiger partial charge is 0.408 e. The number of carbonyl (C=O) groups excluding carboxylic acids is 1. The number of carboxylic acids is 1. The van der Waals surface area contributed by atoms with Gasteiger partial charge in [0.2, 0.25) is 0 Å². The molecule has 3 aliphatic rings. The van der Waals surface area contributed by atoms with Crippen molar-refractivity contribution < 1.29 is 24.2 Å². The molecular weight excluding hydrogens is 474 g/mol. The van der Waals surface area contributed by atoms with E-state index in [0.29, 0.717) is 33.9 Å². The Morgan fingerprint density at radius 3 is 2.63 bits per heavy atom. The molecule has 2 N–H and O–H groups in total. The lowest BCUT2D eigenvalue weighted by Gasteiger charge is -2.32. The van der Waals surface area contributed by atoms with Gasteiger partial charge in [-0.3, -0.25) is 9.36 Å². The van der Waals surface area contributed by atoms with Crippen LogP contribution in [0.4, 0.5) is 10.5 Å². The van der Waals surface area contributed by atoms with E-state index < -0.39 is 23.2 Å². The third kappa shape index (κ3) is 4.09. The molecule has 0 radical (unpaired) electrons. The molecule has 9 nitrogen and oxygen atoms in total. The molecular formula is C25H30ClN3O6. The number of nitrogens with zero attached hydrogens (tertiary/aromatic N) is 2. The van der Waals surface area contributed by atoms with Crippen molar-refractivity contribution in [3.8, 4) is 5.75 Å². The Balaban J connectivity index is 1.49. The Morgan fingerprint density at radius 2 is 2.00 bits per heavy atom. The van der Waals surface area contributed by atoms with Gasteiger partial charge >= 0.3 is 12.1 Å². The van der Waals surface area contributed by atoms with E-state index in [9.17, 15) is 19.5 Å². The molecule has 2 aromatic rings. The Morgan fingerprint density at radius 1 is 1.29 bits per heavy atom. The van der Waals surface area contributed by atoms with Crippen LogP contribution in [0.25, 0.3) is 10.9 Å². The van der Waals surface area contributed by atoms with Gasteiger partial charge < -0.3 is 24.8 Å². The number of carboxylic acid groups (broad SMARTS) is 1. The molecule has 0 spiro atoms. The van der Waals surface area contributed by atoms with E-state index in [-0.39, 0.29) is 29.7 Å². The second-order valence-electron chi connectivity index (χ2n) is 10.9. The van der Waals surface area contributed by atoms with Crippen LogP contribution in [0.5, 0.6) is 5.75 Å². The van der Waals surface area contributed by atoms with Gasteiger partial charge in [0, 0.05) is 29.9 Å². The summed E-state index contributed by atoms with van der Waals surface area (Å²) in [4.78, 5) is 39.3. The molecule has 1 saturated heterocycles. The van der Waals surface area contributed by atoms with Crippen LogP contribution in [-0.4, -0.2) is 52.6 Å². The lowest BCUT2D eigenvalue weighted by Crippen LogP contribution is -2.45. The Labute approximate surface area is 207 Å². The summed E-state index contributed by atoms with van der Waals surface area (Å²) in [5.74, 6) is -0.547. The lowest BCUT2D eigenvalue weighted by atomic mass is 9.96. The molecule has 1 saturated carbocycles. The first-order valence-corrected chi connectivity index (χ1v) is 12.3. The minimum absolute atomic E-state index is 0.216. The summed E-state index contributed by atoms with van der Waals surface area (Å²) >= 11 is 6.74. The summed E-state index contributed by atoms with van der Waals surface area (Å²) in [6.07, 6.45) is 2.26. The van der Waals surface area contributed by atoms with Gasteiger partial charge in [0.05, 0.1) is 16.6 Å². The molecule has 10 heteroatoms. The molecule has 1 aromatic heterocycles. The van der Waals surface area contributed by atoms with Crippen molar-refractivity contribution in [1.82, 2.24) is 9.88 Å². The average molecular weight is 504 g/mol. The van der Waals surface area contributed by atoms with Gasteiger partial charge in [-0.1, -0.05) is 11.6 Å². The SMILES string of the molecule is CC1COc2c(N3CC[C@@H](C4(NC(=O)OC(C)(C)C)CC4)C3)c(Cl)cc3cc(C(=O)O)c(=O)n1c23. The Bertz CT molecular complexity index is 1290. The highest BCUT2D eigenvalue weighted by Gasteiger charge is 2.53. The van der Waals surface area contributed by atoms with Crippen LogP contribution in [0.1, 0.15) is 63.4 Å². The number of hydrogen-bond acceptors (Lipinski definition) is 6. The third-order valence-electron chi connectivity index (χ3n) is 7.17. The van der Waals surface area contributed by atoms with Crippen molar-refractivity contribution in [2.24, 2.45) is 5.92 Å². The van der Waals surface area contributed by atoms with Crippen molar-refractivity contribution in [2.45, 2.75) is 64.1 Å². The highest BCUT2D eigenvalue weighted by molar-refractivity contribution is 6.35. The topological polar surface area (TPSA) is 110 Å². The van der Waals surface area contributed by atoms with E-state index in [0.717, 1.165) is 25.8 Å². The Kier molecular flexibility index (Phi) is 5.47. The molecule has 1 aromatic carbocycles. The number of carbonyl (C=O) groups is 2. The average Bonchev–Trinajstić information content (AvgIpc) is 3.34. The second kappa shape index (κ2) is 8.05. The molecule has 1 amide bonds. The van der Waals surface area contributed by atoms with E-state index in [1.165, 1.54) is 10.6 Å². The van der Waals surface area contributed by atoms with E-state index in [4.69, 9.17) is 21.1 Å². The fraction of sp³-hybridized carbons (Fsp3) is 0.560. The zero-order valence-corrected chi connectivity index (χ0v) is 21.1. The number of amides is 1. The van der Waals surface area contributed by atoms with Crippen LogP contribution in [0, 0.1) is 5.92 Å². The predicted molar refractivity (Wildman–Crippen MR) is 132 cm³/mol. The quantitative estimate of drug-likeness (QED) is 0.643. The molecule has 35 heavy (non-hydrogen) atoms. The van der Waals surface area contributed by atoms with Crippen LogP contribution in [-0.2, 0) is 4.74 Å². The number of alkyl carbamates (subject to hydrolysis) is 1. The highest BCUT2D eigenvalue weighted by Crippen LogP contribution is 2.50. The molecule has 2 fully saturated rings. The molecule has 188 valence electrons. The summed E-state index contributed by atoms with van der Waals surface area (Å²) in [6, 6.07) is 2.76. The largest absolute Gasteiger partial charge is 0.487 e. The minimum atomic E-state index is -1.27. The normalized spacial score (nSPS) is 22.6. The molecule has 2 atom stereocenters. The van der Waals surface area contributed by atoms with Crippen molar-refractivity contribution in [2.75, 3.05) is 24.6 Å². The van der Waals surface area contributed by atoms with Crippen molar-refractivity contribution in [3.63, 3.8) is 0 Å². The Hall–Kier alpha value is -2.94. The molecule has 1 unspecified atom stereocenters. The molecule has 2 aliphatic heterocycles. The maximum absolute atomic E-state index is 13.0. The summed E-state index contributed by atoms with van der Waals surface area (Å²) < 4.78 is 13.1. The molecule has 5 rings (SSSR count). The van der Waals surface area contributed by atoms with Gasteiger partial charge in [-0.15, -0.1) is 0 Å². The van der Waals surface area contributed by atoms with Gasteiger partial charge in [0.1, 0.15) is 23.5 Å². The summed E-state index contributed by atoms with van der Waals surface area (Å²) in [6.45, 7) is 8.99. The first-order valence-electron chi connectivity index (χ1n) is 11.9. The van der Waals surface area contributed by atoms with Gasteiger partial charge in [-0.05, 0) is 59.1 Å². The first kappa shape index (κ1) is 23.8. The number of rotatable bonds is 4. The van der Waals surface area contributed by atoms with Gasteiger partial charge in [0.15, 0.2) is 5.75 Å². The summed E-state index contributed by atoms with van der Waals surface area (Å²) in [5, 5.41) is 13.6. The first-order chi connectivity index (χ1) is 16.4. The van der Waals surface area contributed by atoms with E-state index >= 15 is 0 Å². The number of ether oxygens (including phenoxy) is 2. The lowest BCUT2D eigenvalue weighted by molar-refractivity contribution is 0.0477. The van der Waals surface area contributed by atoms with Crippen molar-refractivity contribution in [3.05, 3.63) is 33.1 Å². The maximum atomic E-state index is 13.0. The molecule has 1 aliphatic carbocycles. The maximum Gasteiger partial charge on any atom is 0.408 e. The number of halogens is 1. The summed E-state index contributed by atoms with van der Waals surface area (Å²) in [7, 11) is 0. The monoisotopic (exact) mass is 503 g/mol. The van der Waals surface area contributed by atoms with Gasteiger partial charge in [-0.25, -0.2) is 9.59 Å². The van der Waals surface area contributed by atoms with Crippen molar-refractivity contribution in [1.29, 1.82) is 0 Å². The van der Waals surface area contributed by atoms with Crippen LogP contribution in [0.3, 0.4) is 0 Å². The number of aromatic nitrogens is 1. The number of nitrogens with one attached hydrogen (secondary N) is 1. The van der Waals surface area contributed by atoms with Crippen LogP contribution in [0.2, 0.25) is 5.02 Å². The number of hydrogen-bond donors (Lipinski definition) is 2. The number of pyridine rings is 1. The highest BCUT2D eigenvalue weighted by atomic mass is 35.5. The second-order valence-corrected chi connectivity index (χ2v) is 11.3. The standard InChI is InChI=1S/C25H30ClN3O6/c1-13-12-34-20-18-14(9-16(22(31)32)21(30)29(13)18)10-17(26)19(20)28-8-5-15(11-28)25(6-7-25)27-23(33)35-24(2,3)4/h9-10,13,15H,5-8,11-12H2,1-4H3,(H,27,33)(H,31,32)/t13?,15-/m1/s1. The third-order valence-corrected chi connectivity index (χ3v) is 7.45. The minimum Gasteiger partial charge on any atom is -0.487 e. The zero-order chi connectivity index (χ0) is 25.3. The van der Waals surface area contributed by atoms with Gasteiger partial charge in [-0.2, -0.15) is 0 Å². The number of anilines is 1. The number of benzene rings is 1. The van der Waals surface area contributed by atoms with E-state index in [1.807, 2.05) is 27.7 Å². The molecule has 0 bridgehead atoms. The fourth-order valence-corrected chi connectivity index (χ4v) is 5.73. The van der Waals surface area contributed by atoms with E-state index in [2.05, 4.69) is 10.2 Å². The van der Waals surface area contributed by atoms with Crippen LogP contribution >= 0.6 is 11.6 Å². The van der Waals surface area contributed by atoms with Gasteiger partial charge in [0.25, 0.3) is 5.56 Å².